The first-order valence-corrected chi connectivity index (χ1v) is 29.2. The summed E-state index contributed by atoms with van der Waals surface area (Å²) < 4.78 is 16.9. The highest BCUT2D eigenvalue weighted by atomic mass is 16.6. The van der Waals surface area contributed by atoms with Crippen molar-refractivity contribution in [3.63, 3.8) is 0 Å². The summed E-state index contributed by atoms with van der Waals surface area (Å²) in [6, 6.07) is 0. The van der Waals surface area contributed by atoms with Crippen LogP contribution < -0.4 is 0 Å². The fourth-order valence-electron chi connectivity index (χ4n) is 9.05. The first-order valence-electron chi connectivity index (χ1n) is 29.2. The van der Waals surface area contributed by atoms with Gasteiger partial charge in [-0.25, -0.2) is 0 Å². The molecule has 0 amide bonds. The monoisotopic (exact) mass is 919 g/mol. The lowest BCUT2D eigenvalue weighted by atomic mass is 10.0. The normalized spacial score (nSPS) is 12.0. The van der Waals surface area contributed by atoms with Gasteiger partial charge >= 0.3 is 17.9 Å². The minimum atomic E-state index is -0.763. The van der Waals surface area contributed by atoms with E-state index in [4.69, 9.17) is 14.2 Å². The van der Waals surface area contributed by atoms with Crippen molar-refractivity contribution in [2.75, 3.05) is 13.2 Å². The predicted octanol–water partition coefficient (Wildman–Crippen LogP) is 19.3. The van der Waals surface area contributed by atoms with Gasteiger partial charge in [-0.3, -0.25) is 14.4 Å². The van der Waals surface area contributed by atoms with Gasteiger partial charge < -0.3 is 14.2 Å². The van der Waals surface area contributed by atoms with Crippen molar-refractivity contribution in [1.29, 1.82) is 0 Å². The van der Waals surface area contributed by atoms with Crippen molar-refractivity contribution < 1.29 is 28.6 Å². The lowest BCUT2D eigenvalue weighted by Crippen LogP contribution is -2.30. The number of hydrogen-bond donors (Lipinski definition) is 0. The van der Waals surface area contributed by atoms with Gasteiger partial charge in [0.1, 0.15) is 13.2 Å². The SMILES string of the molecule is CCCCCCCCCCCCCCCCCCCCCC(=O)O[C@@H](COC(=O)CCCCCCCCCCCCCCCCC(C)C)COC(=O)CCCCCCCCCCC(C)C. The van der Waals surface area contributed by atoms with Crippen molar-refractivity contribution in [2.24, 2.45) is 11.8 Å². The largest absolute Gasteiger partial charge is 0.462 e. The van der Waals surface area contributed by atoms with E-state index < -0.39 is 6.10 Å². The molecule has 0 spiro atoms. The summed E-state index contributed by atoms with van der Waals surface area (Å²) in [7, 11) is 0. The highest BCUT2D eigenvalue weighted by Crippen LogP contribution is 2.18. The molecule has 0 bridgehead atoms. The fraction of sp³-hybridized carbons (Fsp3) is 0.949. The van der Waals surface area contributed by atoms with E-state index in [9.17, 15) is 14.4 Å². The Morgan fingerprint density at radius 2 is 0.508 bits per heavy atom. The molecule has 65 heavy (non-hydrogen) atoms. The number of esters is 3. The number of carbonyl (C=O) groups excluding carboxylic acids is 3. The Labute approximate surface area is 406 Å². The molecular weight excluding hydrogens is 805 g/mol. The van der Waals surface area contributed by atoms with Gasteiger partial charge in [-0.2, -0.15) is 0 Å². The first kappa shape index (κ1) is 63.4. The molecule has 6 heteroatoms. The molecule has 0 unspecified atom stereocenters. The Balaban J connectivity index is 4.25. The van der Waals surface area contributed by atoms with Crippen molar-refractivity contribution in [3.8, 4) is 0 Å². The zero-order chi connectivity index (χ0) is 47.5. The molecule has 0 radical (unpaired) electrons. The molecule has 0 rings (SSSR count). The number of ether oxygens (including phenoxy) is 3. The highest BCUT2D eigenvalue weighted by molar-refractivity contribution is 5.71. The van der Waals surface area contributed by atoms with E-state index in [1.807, 2.05) is 0 Å². The molecule has 0 fully saturated rings. The van der Waals surface area contributed by atoms with Crippen LogP contribution in [-0.2, 0) is 28.6 Å². The van der Waals surface area contributed by atoms with E-state index in [0.717, 1.165) is 69.6 Å². The first-order chi connectivity index (χ1) is 31.7. The maximum atomic E-state index is 12.9. The molecule has 6 nitrogen and oxygen atoms in total. The van der Waals surface area contributed by atoms with Crippen LogP contribution in [0.2, 0.25) is 0 Å². The second-order valence-electron chi connectivity index (χ2n) is 21.2. The minimum absolute atomic E-state index is 0.0631. The zero-order valence-corrected chi connectivity index (χ0v) is 44.6. The third-order valence-electron chi connectivity index (χ3n) is 13.5. The molecule has 0 N–H and O–H groups in total. The quantitative estimate of drug-likeness (QED) is 0.0344. The van der Waals surface area contributed by atoms with Crippen LogP contribution in [-0.4, -0.2) is 37.2 Å². The van der Waals surface area contributed by atoms with E-state index in [1.165, 1.54) is 218 Å². The molecule has 0 aromatic carbocycles. The highest BCUT2D eigenvalue weighted by Gasteiger charge is 2.19. The Kier molecular flexibility index (Phi) is 50.5. The van der Waals surface area contributed by atoms with Gasteiger partial charge in [0.15, 0.2) is 6.10 Å². The molecule has 0 saturated carbocycles. The van der Waals surface area contributed by atoms with Gasteiger partial charge in [0.2, 0.25) is 0 Å². The van der Waals surface area contributed by atoms with E-state index in [-0.39, 0.29) is 31.1 Å². The fourth-order valence-corrected chi connectivity index (χ4v) is 9.05. The molecule has 0 aliphatic carbocycles. The Hall–Kier alpha value is -1.59. The topological polar surface area (TPSA) is 78.9 Å². The van der Waals surface area contributed by atoms with Gasteiger partial charge in [-0.1, -0.05) is 291 Å². The van der Waals surface area contributed by atoms with Crippen molar-refractivity contribution in [2.45, 2.75) is 336 Å². The average molecular weight is 920 g/mol. The van der Waals surface area contributed by atoms with Crippen LogP contribution in [0.5, 0.6) is 0 Å². The Bertz CT molecular complexity index is 993. The lowest BCUT2D eigenvalue weighted by molar-refractivity contribution is -0.167. The molecule has 0 heterocycles. The standard InChI is InChI=1S/C59H114O6/c1-6-7-8-9-10-11-12-13-14-15-16-17-18-23-26-29-36-41-46-51-59(62)65-56(53-64-58(61)50-45-40-35-31-30-33-38-43-48-55(4)5)52-63-57(60)49-44-39-34-28-25-22-20-19-21-24-27-32-37-42-47-54(2)3/h54-56H,6-53H2,1-5H3/t56-/m0/s1. The average Bonchev–Trinajstić information content (AvgIpc) is 3.28. The van der Waals surface area contributed by atoms with E-state index >= 15 is 0 Å². The van der Waals surface area contributed by atoms with E-state index in [0.29, 0.717) is 19.3 Å². The van der Waals surface area contributed by atoms with Gasteiger partial charge in [0, 0.05) is 19.3 Å². The summed E-state index contributed by atoms with van der Waals surface area (Å²) >= 11 is 0. The van der Waals surface area contributed by atoms with Gasteiger partial charge in [-0.15, -0.1) is 0 Å². The van der Waals surface area contributed by atoms with Crippen molar-refractivity contribution in [1.82, 2.24) is 0 Å². The van der Waals surface area contributed by atoms with Crippen molar-refractivity contribution >= 4 is 17.9 Å². The summed E-state index contributed by atoms with van der Waals surface area (Å²) in [6.45, 7) is 11.4. The van der Waals surface area contributed by atoms with Crippen LogP contribution in [0.1, 0.15) is 330 Å². The lowest BCUT2D eigenvalue weighted by Gasteiger charge is -2.18. The van der Waals surface area contributed by atoms with Crippen molar-refractivity contribution in [3.05, 3.63) is 0 Å². The summed E-state index contributed by atoms with van der Waals surface area (Å²) in [5, 5.41) is 0. The van der Waals surface area contributed by atoms with Gasteiger partial charge in [-0.05, 0) is 31.1 Å². The van der Waals surface area contributed by atoms with Gasteiger partial charge in [0.05, 0.1) is 0 Å². The van der Waals surface area contributed by atoms with Crippen LogP contribution in [0.25, 0.3) is 0 Å². The molecule has 386 valence electrons. The number of rotatable bonds is 53. The van der Waals surface area contributed by atoms with Crippen LogP contribution in [0, 0.1) is 11.8 Å². The van der Waals surface area contributed by atoms with Crippen LogP contribution in [0.3, 0.4) is 0 Å². The van der Waals surface area contributed by atoms with Crippen LogP contribution in [0.4, 0.5) is 0 Å². The summed E-state index contributed by atoms with van der Waals surface area (Å²) in [4.78, 5) is 38.1. The van der Waals surface area contributed by atoms with E-state index in [1.54, 1.807) is 0 Å². The number of hydrogen-bond acceptors (Lipinski definition) is 6. The Morgan fingerprint density at radius 1 is 0.292 bits per heavy atom. The molecule has 0 saturated heterocycles. The minimum Gasteiger partial charge on any atom is -0.462 e. The molecule has 0 aliphatic rings. The molecule has 0 aromatic heterocycles. The van der Waals surface area contributed by atoms with E-state index in [2.05, 4.69) is 34.6 Å². The molecule has 0 aliphatic heterocycles. The number of unbranched alkanes of at least 4 members (excludes halogenated alkanes) is 38. The summed E-state index contributed by atoms with van der Waals surface area (Å²) in [6.07, 6.45) is 55.3. The van der Waals surface area contributed by atoms with Crippen LogP contribution >= 0.6 is 0 Å². The third-order valence-corrected chi connectivity index (χ3v) is 13.5. The zero-order valence-electron chi connectivity index (χ0n) is 44.6. The summed E-state index contributed by atoms with van der Waals surface area (Å²) in [5.74, 6) is 0.800. The maximum Gasteiger partial charge on any atom is 0.306 e. The molecular formula is C59H114O6. The summed E-state index contributed by atoms with van der Waals surface area (Å²) in [5.41, 5.74) is 0. The van der Waals surface area contributed by atoms with Crippen LogP contribution in [0.15, 0.2) is 0 Å². The number of carbonyl (C=O) groups is 3. The maximum absolute atomic E-state index is 12.9. The van der Waals surface area contributed by atoms with Gasteiger partial charge in [0.25, 0.3) is 0 Å². The molecule has 0 aromatic rings. The second kappa shape index (κ2) is 51.8. The third kappa shape index (κ3) is 53.2. The second-order valence-corrected chi connectivity index (χ2v) is 21.2. The Morgan fingerprint density at radius 3 is 0.754 bits per heavy atom. The molecule has 1 atom stereocenters. The predicted molar refractivity (Wildman–Crippen MR) is 280 cm³/mol. The smallest absolute Gasteiger partial charge is 0.306 e.